The van der Waals surface area contributed by atoms with Gasteiger partial charge in [-0.05, 0) is 40.3 Å². The summed E-state index contributed by atoms with van der Waals surface area (Å²) < 4.78 is 18.7. The molecule has 40 heavy (non-hydrogen) atoms. The Morgan fingerprint density at radius 2 is 1.70 bits per heavy atom. The molecular weight excluding hydrogens is 504 g/mol. The van der Waals surface area contributed by atoms with E-state index in [1.807, 2.05) is 53.1 Å². The third-order valence-electron chi connectivity index (χ3n) is 7.44. The smallest absolute Gasteiger partial charge is 0.353 e. The van der Waals surface area contributed by atoms with Crippen molar-refractivity contribution in [1.29, 1.82) is 0 Å². The third kappa shape index (κ3) is 5.86. The molecule has 1 aliphatic rings. The van der Waals surface area contributed by atoms with Crippen molar-refractivity contribution in [1.82, 2.24) is 4.57 Å². The summed E-state index contributed by atoms with van der Waals surface area (Å²) in [5.74, 6) is -0.214. The number of carboxylic acid groups (broad SMARTS) is 1. The van der Waals surface area contributed by atoms with Crippen LogP contribution in [0.3, 0.4) is 0 Å². The quantitative estimate of drug-likeness (QED) is 0.253. The van der Waals surface area contributed by atoms with E-state index in [0.29, 0.717) is 33.0 Å². The number of carboxylic acids is 1. The zero-order valence-electron chi connectivity index (χ0n) is 23.8. The highest BCUT2D eigenvalue weighted by atomic mass is 16.5. The Balaban J connectivity index is 1.61. The number of aromatic nitrogens is 1. The number of hydrogen-bond donors (Lipinski definition) is 1. The summed E-state index contributed by atoms with van der Waals surface area (Å²) in [6.45, 7) is 10.8. The van der Waals surface area contributed by atoms with Gasteiger partial charge in [-0.2, -0.15) is 0 Å². The lowest BCUT2D eigenvalue weighted by Gasteiger charge is -2.29. The topological polar surface area (TPSA) is 73.2 Å². The molecule has 2 heterocycles. The van der Waals surface area contributed by atoms with Gasteiger partial charge in [-0.1, -0.05) is 63.2 Å². The van der Waals surface area contributed by atoms with E-state index < -0.39 is 5.97 Å². The van der Waals surface area contributed by atoms with Gasteiger partial charge in [0.25, 0.3) is 0 Å². The summed E-state index contributed by atoms with van der Waals surface area (Å²) in [5, 5.41) is 11.5. The lowest BCUT2D eigenvalue weighted by atomic mass is 9.86. The standard InChI is InChI=1S/C33H38N2O5/c1-33(2,3)25-11-9-24(10-12-25)30-28-7-5-6-8-29(28)35(31(30)32(36)37)22-23-19-26(34-13-15-39-16-14-34)21-27(20-23)40-18-17-38-4/h5-12,19-21H,13-18,22H2,1-4H3,(H,36,37). The van der Waals surface area contributed by atoms with Crippen LogP contribution in [0.5, 0.6) is 5.75 Å². The van der Waals surface area contributed by atoms with Crippen molar-refractivity contribution < 1.29 is 24.1 Å². The second-order valence-corrected chi connectivity index (χ2v) is 11.2. The van der Waals surface area contributed by atoms with Crippen LogP contribution >= 0.6 is 0 Å². The van der Waals surface area contributed by atoms with Crippen LogP contribution in [-0.4, -0.2) is 62.3 Å². The van der Waals surface area contributed by atoms with Crippen LogP contribution in [0.4, 0.5) is 5.69 Å². The van der Waals surface area contributed by atoms with Gasteiger partial charge in [-0.25, -0.2) is 4.79 Å². The number of nitrogens with zero attached hydrogens (tertiary/aromatic N) is 2. The van der Waals surface area contributed by atoms with E-state index in [1.54, 1.807) is 7.11 Å². The minimum Gasteiger partial charge on any atom is -0.491 e. The van der Waals surface area contributed by atoms with Gasteiger partial charge in [-0.15, -0.1) is 0 Å². The molecule has 1 aromatic heterocycles. The molecule has 4 aromatic rings. The zero-order chi connectivity index (χ0) is 28.3. The molecular formula is C33H38N2O5. The Morgan fingerprint density at radius 1 is 0.975 bits per heavy atom. The highest BCUT2D eigenvalue weighted by Gasteiger charge is 2.25. The van der Waals surface area contributed by atoms with Crippen LogP contribution in [0.25, 0.3) is 22.0 Å². The number of hydrogen-bond acceptors (Lipinski definition) is 5. The molecule has 1 N–H and O–H groups in total. The lowest BCUT2D eigenvalue weighted by Crippen LogP contribution is -2.36. The largest absolute Gasteiger partial charge is 0.491 e. The number of fused-ring (bicyclic) bond motifs is 1. The normalized spacial score (nSPS) is 14.1. The average molecular weight is 543 g/mol. The number of aromatic carboxylic acids is 1. The van der Waals surface area contributed by atoms with Crippen molar-refractivity contribution in [3.8, 4) is 16.9 Å². The van der Waals surface area contributed by atoms with Gasteiger partial charge >= 0.3 is 5.97 Å². The van der Waals surface area contributed by atoms with E-state index in [9.17, 15) is 9.90 Å². The van der Waals surface area contributed by atoms with E-state index in [4.69, 9.17) is 14.2 Å². The van der Waals surface area contributed by atoms with Crippen LogP contribution in [0, 0.1) is 0 Å². The highest BCUT2D eigenvalue weighted by Crippen LogP contribution is 2.37. The molecule has 210 valence electrons. The van der Waals surface area contributed by atoms with Crippen molar-refractivity contribution >= 4 is 22.6 Å². The summed E-state index contributed by atoms with van der Waals surface area (Å²) in [4.78, 5) is 15.2. The fraction of sp³-hybridized carbons (Fsp3) is 0.364. The molecule has 5 rings (SSSR count). The van der Waals surface area contributed by atoms with Gasteiger partial charge in [0.15, 0.2) is 0 Å². The molecule has 7 heteroatoms. The summed E-state index contributed by atoms with van der Waals surface area (Å²) in [5.41, 5.74) is 6.02. The number of rotatable bonds is 9. The number of morpholine rings is 1. The maximum absolute atomic E-state index is 12.9. The molecule has 0 aliphatic carbocycles. The van der Waals surface area contributed by atoms with Crippen molar-refractivity contribution in [2.75, 3.05) is 51.5 Å². The predicted molar refractivity (Wildman–Crippen MR) is 159 cm³/mol. The van der Waals surface area contributed by atoms with Crippen LogP contribution in [0.2, 0.25) is 0 Å². The van der Waals surface area contributed by atoms with Crippen molar-refractivity contribution in [2.45, 2.75) is 32.7 Å². The zero-order valence-corrected chi connectivity index (χ0v) is 23.8. The predicted octanol–water partition coefficient (Wildman–Crippen LogP) is 6.21. The molecule has 0 bridgehead atoms. The van der Waals surface area contributed by atoms with Crippen LogP contribution < -0.4 is 9.64 Å². The van der Waals surface area contributed by atoms with Crippen molar-refractivity contribution in [2.24, 2.45) is 0 Å². The summed E-state index contributed by atoms with van der Waals surface area (Å²) in [6, 6.07) is 22.4. The number of para-hydroxylation sites is 1. The van der Waals surface area contributed by atoms with Gasteiger partial charge in [-0.3, -0.25) is 0 Å². The summed E-state index contributed by atoms with van der Waals surface area (Å²) in [6.07, 6.45) is 0. The van der Waals surface area contributed by atoms with Crippen LogP contribution in [-0.2, 0) is 21.4 Å². The van der Waals surface area contributed by atoms with Crippen molar-refractivity contribution in [3.05, 3.63) is 83.6 Å². The fourth-order valence-electron chi connectivity index (χ4n) is 5.37. The average Bonchev–Trinajstić information content (AvgIpc) is 3.27. The van der Waals surface area contributed by atoms with Crippen LogP contribution in [0.15, 0.2) is 66.7 Å². The molecule has 0 unspecified atom stereocenters. The maximum atomic E-state index is 12.9. The van der Waals surface area contributed by atoms with E-state index in [1.165, 1.54) is 5.56 Å². The minimum atomic E-state index is -0.952. The number of benzene rings is 3. The van der Waals surface area contributed by atoms with Gasteiger partial charge in [0.05, 0.1) is 19.8 Å². The Hall–Kier alpha value is -3.81. The molecule has 0 spiro atoms. The second-order valence-electron chi connectivity index (χ2n) is 11.2. The van der Waals surface area contributed by atoms with Gasteiger partial charge < -0.3 is 28.8 Å². The second kappa shape index (κ2) is 11.7. The molecule has 7 nitrogen and oxygen atoms in total. The van der Waals surface area contributed by atoms with Gasteiger partial charge in [0.1, 0.15) is 18.1 Å². The van der Waals surface area contributed by atoms with Crippen LogP contribution in [0.1, 0.15) is 42.4 Å². The number of carbonyl (C=O) groups is 1. The number of anilines is 1. The first kappa shape index (κ1) is 27.7. The number of ether oxygens (including phenoxy) is 3. The van der Waals surface area contributed by atoms with E-state index in [-0.39, 0.29) is 11.1 Å². The Labute approximate surface area is 235 Å². The Kier molecular flexibility index (Phi) is 8.14. The van der Waals surface area contributed by atoms with Gasteiger partial charge in [0, 0.05) is 55.0 Å². The fourth-order valence-corrected chi connectivity index (χ4v) is 5.37. The Morgan fingerprint density at radius 3 is 2.38 bits per heavy atom. The monoisotopic (exact) mass is 542 g/mol. The first-order valence-electron chi connectivity index (χ1n) is 13.8. The lowest BCUT2D eigenvalue weighted by molar-refractivity contribution is 0.0687. The first-order valence-corrected chi connectivity index (χ1v) is 13.8. The van der Waals surface area contributed by atoms with Crippen molar-refractivity contribution in [3.63, 3.8) is 0 Å². The molecule has 0 atom stereocenters. The molecule has 0 amide bonds. The minimum absolute atomic E-state index is 0.0106. The van der Waals surface area contributed by atoms with E-state index >= 15 is 0 Å². The molecule has 3 aromatic carbocycles. The molecule has 1 aliphatic heterocycles. The number of methoxy groups -OCH3 is 1. The Bertz CT molecular complexity index is 1480. The van der Waals surface area contributed by atoms with Gasteiger partial charge in [0.2, 0.25) is 0 Å². The highest BCUT2D eigenvalue weighted by molar-refractivity contribution is 6.08. The molecule has 1 saturated heterocycles. The summed E-state index contributed by atoms with van der Waals surface area (Å²) in [7, 11) is 1.65. The maximum Gasteiger partial charge on any atom is 0.353 e. The molecule has 0 saturated carbocycles. The summed E-state index contributed by atoms with van der Waals surface area (Å²) >= 11 is 0. The SMILES string of the molecule is COCCOc1cc(Cn2c(C(=O)O)c(-c3ccc(C(C)(C)C)cc3)c3ccccc32)cc(N2CCOCC2)c1. The molecule has 1 fully saturated rings. The first-order chi connectivity index (χ1) is 19.3. The third-order valence-corrected chi connectivity index (χ3v) is 7.44. The van der Waals surface area contributed by atoms with E-state index in [0.717, 1.165) is 52.1 Å². The molecule has 0 radical (unpaired) electrons. The van der Waals surface area contributed by atoms with E-state index in [2.05, 4.69) is 43.9 Å².